The van der Waals surface area contributed by atoms with Gasteiger partial charge in [-0.05, 0) is 48.4 Å². The summed E-state index contributed by atoms with van der Waals surface area (Å²) in [6.45, 7) is 2.03. The summed E-state index contributed by atoms with van der Waals surface area (Å²) in [4.78, 5) is 27.1. The first-order valence-corrected chi connectivity index (χ1v) is 10.8. The molecule has 2 fully saturated rings. The van der Waals surface area contributed by atoms with Gasteiger partial charge in [0, 0.05) is 38.2 Å². The van der Waals surface area contributed by atoms with Gasteiger partial charge in [0.15, 0.2) is 5.82 Å². The molecule has 1 aliphatic carbocycles. The predicted octanol–water partition coefficient (Wildman–Crippen LogP) is 3.31. The molecule has 1 atom stereocenters. The lowest BCUT2D eigenvalue weighted by Gasteiger charge is -2.16. The summed E-state index contributed by atoms with van der Waals surface area (Å²) < 4.78 is 16.3. The van der Waals surface area contributed by atoms with E-state index in [1.54, 1.807) is 23.7 Å². The molecule has 2 aliphatic rings. The van der Waals surface area contributed by atoms with Crippen LogP contribution in [0.5, 0.6) is 0 Å². The van der Waals surface area contributed by atoms with Gasteiger partial charge in [0.2, 0.25) is 5.91 Å². The lowest BCUT2D eigenvalue weighted by molar-refractivity contribution is -0.131. The quantitative estimate of drug-likeness (QED) is 0.636. The zero-order chi connectivity index (χ0) is 21.5. The Kier molecular flexibility index (Phi) is 4.96. The lowest BCUT2D eigenvalue weighted by atomic mass is 10.0. The second kappa shape index (κ2) is 7.80. The van der Waals surface area contributed by atoms with Crippen molar-refractivity contribution in [3.63, 3.8) is 0 Å². The van der Waals surface area contributed by atoms with Gasteiger partial charge >= 0.3 is 5.69 Å². The standard InChI is InChI=1S/C24H25FN4O2/c1-27-24(31)29(15-16-12-13-28(14-16)23(30)20-6-7-20)22(26-27)19-4-2-17(3-5-19)18-8-10-21(25)11-9-18/h2-5,8-11,16,20H,6-7,12-15H2,1H3/t16-/m1/s1. The molecule has 0 N–H and O–H groups in total. The van der Waals surface area contributed by atoms with E-state index in [-0.39, 0.29) is 29.2 Å². The van der Waals surface area contributed by atoms with E-state index in [2.05, 4.69) is 5.10 Å². The number of hydrogen-bond acceptors (Lipinski definition) is 3. The number of aryl methyl sites for hydroxylation is 1. The Labute approximate surface area is 179 Å². The Bertz CT molecular complexity index is 1160. The summed E-state index contributed by atoms with van der Waals surface area (Å²) in [7, 11) is 1.66. The van der Waals surface area contributed by atoms with Crippen molar-refractivity contribution < 1.29 is 9.18 Å². The molecule has 3 aromatic rings. The van der Waals surface area contributed by atoms with Crippen molar-refractivity contribution in [3.05, 3.63) is 64.8 Å². The van der Waals surface area contributed by atoms with Crippen LogP contribution in [-0.4, -0.2) is 38.2 Å². The number of benzene rings is 2. The van der Waals surface area contributed by atoms with Gasteiger partial charge < -0.3 is 4.90 Å². The maximum atomic E-state index is 13.2. The van der Waals surface area contributed by atoms with Crippen molar-refractivity contribution in [2.75, 3.05) is 13.1 Å². The molecule has 0 spiro atoms. The van der Waals surface area contributed by atoms with E-state index in [0.717, 1.165) is 42.5 Å². The highest BCUT2D eigenvalue weighted by molar-refractivity contribution is 5.81. The fourth-order valence-corrected chi connectivity index (χ4v) is 4.36. The van der Waals surface area contributed by atoms with E-state index in [9.17, 15) is 14.0 Å². The van der Waals surface area contributed by atoms with Crippen LogP contribution >= 0.6 is 0 Å². The van der Waals surface area contributed by atoms with Gasteiger partial charge in [0.25, 0.3) is 0 Å². The Morgan fingerprint density at radius 1 is 1.00 bits per heavy atom. The maximum absolute atomic E-state index is 13.2. The van der Waals surface area contributed by atoms with E-state index >= 15 is 0 Å². The molecule has 0 unspecified atom stereocenters. The van der Waals surface area contributed by atoms with Gasteiger partial charge in [0.1, 0.15) is 5.82 Å². The van der Waals surface area contributed by atoms with E-state index < -0.39 is 0 Å². The minimum absolute atomic E-state index is 0.149. The van der Waals surface area contributed by atoms with E-state index in [1.165, 1.54) is 16.8 Å². The van der Waals surface area contributed by atoms with Gasteiger partial charge in [-0.15, -0.1) is 5.10 Å². The number of nitrogens with zero attached hydrogens (tertiary/aromatic N) is 4. The first-order valence-electron chi connectivity index (χ1n) is 10.8. The molecule has 2 aromatic carbocycles. The van der Waals surface area contributed by atoms with Gasteiger partial charge in [-0.1, -0.05) is 36.4 Å². The van der Waals surface area contributed by atoms with Crippen LogP contribution in [0.2, 0.25) is 0 Å². The third-order valence-electron chi connectivity index (χ3n) is 6.29. The molecule has 1 aliphatic heterocycles. The van der Waals surface area contributed by atoms with Crippen molar-refractivity contribution >= 4 is 5.91 Å². The van der Waals surface area contributed by atoms with Crippen LogP contribution in [0.1, 0.15) is 19.3 Å². The predicted molar refractivity (Wildman–Crippen MR) is 116 cm³/mol. The highest BCUT2D eigenvalue weighted by Gasteiger charge is 2.36. The first-order chi connectivity index (χ1) is 15.0. The molecule has 1 saturated carbocycles. The van der Waals surface area contributed by atoms with Crippen molar-refractivity contribution in [2.24, 2.45) is 18.9 Å². The van der Waals surface area contributed by atoms with Gasteiger partial charge in [-0.25, -0.2) is 13.9 Å². The van der Waals surface area contributed by atoms with Crippen LogP contribution < -0.4 is 5.69 Å². The van der Waals surface area contributed by atoms with Crippen molar-refractivity contribution in [1.29, 1.82) is 0 Å². The molecule has 7 heteroatoms. The Morgan fingerprint density at radius 3 is 2.26 bits per heavy atom. The summed E-state index contributed by atoms with van der Waals surface area (Å²) >= 11 is 0. The molecule has 0 radical (unpaired) electrons. The molecular formula is C24H25FN4O2. The first kappa shape index (κ1) is 19.7. The monoisotopic (exact) mass is 420 g/mol. The Morgan fingerprint density at radius 2 is 1.61 bits per heavy atom. The number of aromatic nitrogens is 3. The fraction of sp³-hybridized carbons (Fsp3) is 0.375. The topological polar surface area (TPSA) is 60.1 Å². The van der Waals surface area contributed by atoms with E-state index in [4.69, 9.17) is 0 Å². The average molecular weight is 420 g/mol. The van der Waals surface area contributed by atoms with Crippen LogP contribution in [0.25, 0.3) is 22.5 Å². The zero-order valence-electron chi connectivity index (χ0n) is 17.5. The largest absolute Gasteiger partial charge is 0.345 e. The molecule has 6 nitrogen and oxygen atoms in total. The van der Waals surface area contributed by atoms with Crippen molar-refractivity contribution in [1.82, 2.24) is 19.2 Å². The number of amides is 1. The fourth-order valence-electron chi connectivity index (χ4n) is 4.36. The third-order valence-corrected chi connectivity index (χ3v) is 6.29. The smallest absolute Gasteiger partial charge is 0.342 e. The van der Waals surface area contributed by atoms with Crippen molar-refractivity contribution in [2.45, 2.75) is 25.8 Å². The van der Waals surface area contributed by atoms with Gasteiger partial charge in [-0.3, -0.25) is 9.36 Å². The third kappa shape index (κ3) is 3.92. The molecule has 1 aromatic heterocycles. The van der Waals surface area contributed by atoms with E-state index in [0.29, 0.717) is 18.9 Å². The van der Waals surface area contributed by atoms with Crippen LogP contribution in [0.15, 0.2) is 53.3 Å². The van der Waals surface area contributed by atoms with Gasteiger partial charge in [-0.2, -0.15) is 0 Å². The number of halogens is 1. The Balaban J connectivity index is 1.37. The summed E-state index contributed by atoms with van der Waals surface area (Å²) in [5.74, 6) is 1.13. The second-order valence-electron chi connectivity index (χ2n) is 8.64. The molecule has 1 saturated heterocycles. The minimum Gasteiger partial charge on any atom is -0.342 e. The molecular weight excluding hydrogens is 395 g/mol. The number of carbonyl (C=O) groups excluding carboxylic acids is 1. The summed E-state index contributed by atoms with van der Waals surface area (Å²) in [6, 6.07) is 14.2. The molecule has 2 heterocycles. The van der Waals surface area contributed by atoms with Crippen LogP contribution in [0.3, 0.4) is 0 Å². The molecule has 5 rings (SSSR count). The molecule has 31 heavy (non-hydrogen) atoms. The second-order valence-corrected chi connectivity index (χ2v) is 8.64. The zero-order valence-corrected chi connectivity index (χ0v) is 17.5. The SMILES string of the molecule is Cn1nc(-c2ccc(-c3ccc(F)cc3)cc2)n(C[C@@H]2CCN(C(=O)C3CC3)C2)c1=O. The summed E-state index contributed by atoms with van der Waals surface area (Å²) in [6.07, 6.45) is 2.93. The summed E-state index contributed by atoms with van der Waals surface area (Å²) in [5.41, 5.74) is 2.60. The number of hydrogen-bond donors (Lipinski definition) is 0. The molecule has 160 valence electrons. The minimum atomic E-state index is -0.262. The van der Waals surface area contributed by atoms with E-state index in [1.807, 2.05) is 29.2 Å². The van der Waals surface area contributed by atoms with Crippen LogP contribution in [0.4, 0.5) is 4.39 Å². The number of carbonyl (C=O) groups is 1. The molecule has 1 amide bonds. The van der Waals surface area contributed by atoms with Crippen molar-refractivity contribution in [3.8, 4) is 22.5 Å². The highest BCUT2D eigenvalue weighted by atomic mass is 19.1. The van der Waals surface area contributed by atoms with Gasteiger partial charge in [0.05, 0.1) is 0 Å². The van der Waals surface area contributed by atoms with Crippen LogP contribution in [0, 0.1) is 17.7 Å². The van der Waals surface area contributed by atoms with Crippen LogP contribution in [-0.2, 0) is 18.4 Å². The average Bonchev–Trinajstić information content (AvgIpc) is 3.47. The lowest BCUT2D eigenvalue weighted by Crippen LogP contribution is -2.31. The maximum Gasteiger partial charge on any atom is 0.345 e. The summed E-state index contributed by atoms with van der Waals surface area (Å²) in [5, 5.41) is 4.47. The Hall–Kier alpha value is -3.22. The molecule has 0 bridgehead atoms. The normalized spacial score (nSPS) is 18.5. The number of likely N-dealkylation sites (tertiary alicyclic amines) is 1. The number of rotatable bonds is 5. The highest BCUT2D eigenvalue weighted by Crippen LogP contribution is 2.33.